The Bertz CT molecular complexity index is 271. The normalized spacial score (nSPS) is 20.4. The minimum Gasteiger partial charge on any atom is -0.382 e. The van der Waals surface area contributed by atoms with Crippen LogP contribution in [0.4, 0.5) is 0 Å². The van der Waals surface area contributed by atoms with Crippen molar-refractivity contribution in [1.29, 1.82) is 0 Å². The van der Waals surface area contributed by atoms with Crippen LogP contribution in [0.3, 0.4) is 0 Å². The number of hydrogen-bond donors (Lipinski definition) is 2. The van der Waals surface area contributed by atoms with E-state index >= 15 is 0 Å². The number of guanidine groups is 1. The number of likely N-dealkylation sites (tertiary alicyclic amines) is 1. The molecule has 1 atom stereocenters. The van der Waals surface area contributed by atoms with Crippen molar-refractivity contribution in [2.45, 2.75) is 45.6 Å². The molecule has 1 unspecified atom stereocenters. The third kappa shape index (κ3) is 6.57. The second kappa shape index (κ2) is 10.9. The van der Waals surface area contributed by atoms with Gasteiger partial charge in [0.2, 0.25) is 0 Å². The lowest BCUT2D eigenvalue weighted by Crippen LogP contribution is -2.45. The quantitative estimate of drug-likeness (QED) is 0.382. The second-order valence-corrected chi connectivity index (χ2v) is 5.21. The molecule has 1 rings (SSSR count). The van der Waals surface area contributed by atoms with E-state index < -0.39 is 0 Å². The van der Waals surface area contributed by atoms with Gasteiger partial charge in [0.1, 0.15) is 0 Å². The smallest absolute Gasteiger partial charge is 0.191 e. The van der Waals surface area contributed by atoms with Gasteiger partial charge in [0.05, 0.1) is 0 Å². The van der Waals surface area contributed by atoms with Crippen LogP contribution in [0.5, 0.6) is 0 Å². The Balaban J connectivity index is 2.10. The molecule has 1 heterocycles. The van der Waals surface area contributed by atoms with Crippen molar-refractivity contribution in [3.63, 3.8) is 0 Å². The van der Waals surface area contributed by atoms with Gasteiger partial charge in [-0.15, -0.1) is 0 Å². The fraction of sp³-hybridized carbons (Fsp3) is 0.933. The summed E-state index contributed by atoms with van der Waals surface area (Å²) in [6.07, 6.45) is 4.84. The lowest BCUT2D eigenvalue weighted by atomic mass is 10.2. The van der Waals surface area contributed by atoms with E-state index in [0.29, 0.717) is 6.04 Å². The molecule has 0 amide bonds. The fourth-order valence-electron chi connectivity index (χ4n) is 2.66. The van der Waals surface area contributed by atoms with Crippen molar-refractivity contribution in [2.24, 2.45) is 4.99 Å². The topological polar surface area (TPSA) is 48.9 Å². The van der Waals surface area contributed by atoms with Crippen LogP contribution in [-0.4, -0.2) is 63.3 Å². The molecule has 0 aromatic heterocycles. The summed E-state index contributed by atoms with van der Waals surface area (Å²) >= 11 is 0. The number of rotatable bonds is 9. The van der Waals surface area contributed by atoms with Crippen molar-refractivity contribution in [3.05, 3.63) is 0 Å². The maximum absolute atomic E-state index is 5.33. The molecular formula is C15H32N4O. The molecule has 5 heteroatoms. The maximum Gasteiger partial charge on any atom is 0.191 e. The Morgan fingerprint density at radius 3 is 2.85 bits per heavy atom. The largest absolute Gasteiger partial charge is 0.382 e. The Kier molecular flexibility index (Phi) is 9.41. The molecule has 1 aliphatic rings. The summed E-state index contributed by atoms with van der Waals surface area (Å²) in [5.74, 6) is 0.921. The van der Waals surface area contributed by atoms with Crippen LogP contribution in [-0.2, 0) is 4.74 Å². The number of aliphatic imine (C=N–C) groups is 1. The SMILES string of the molecule is CCOCCCCNC(=NC)NCC1CCCN1CC. The molecule has 0 aromatic carbocycles. The maximum atomic E-state index is 5.33. The highest BCUT2D eigenvalue weighted by Gasteiger charge is 2.22. The first kappa shape index (κ1) is 17.2. The monoisotopic (exact) mass is 284 g/mol. The minimum absolute atomic E-state index is 0.663. The van der Waals surface area contributed by atoms with Gasteiger partial charge in [-0.3, -0.25) is 9.89 Å². The first-order valence-electron chi connectivity index (χ1n) is 8.08. The van der Waals surface area contributed by atoms with Gasteiger partial charge in [-0.2, -0.15) is 0 Å². The molecule has 118 valence electrons. The minimum atomic E-state index is 0.663. The van der Waals surface area contributed by atoms with Crippen LogP contribution < -0.4 is 10.6 Å². The van der Waals surface area contributed by atoms with Crippen LogP contribution in [0, 0.1) is 0 Å². The van der Waals surface area contributed by atoms with E-state index in [1.165, 1.54) is 19.4 Å². The zero-order valence-electron chi connectivity index (χ0n) is 13.5. The molecule has 1 saturated heterocycles. The first-order chi connectivity index (χ1) is 9.81. The molecule has 0 aromatic rings. The summed E-state index contributed by atoms with van der Waals surface area (Å²) < 4.78 is 5.33. The number of hydrogen-bond acceptors (Lipinski definition) is 3. The summed E-state index contributed by atoms with van der Waals surface area (Å²) in [6, 6.07) is 0.663. The van der Waals surface area contributed by atoms with Crippen LogP contribution in [0.15, 0.2) is 4.99 Å². The molecule has 20 heavy (non-hydrogen) atoms. The molecule has 0 aliphatic carbocycles. The molecule has 1 aliphatic heterocycles. The number of nitrogens with one attached hydrogen (secondary N) is 2. The Labute approximate surface area is 124 Å². The zero-order chi connectivity index (χ0) is 14.6. The Hall–Kier alpha value is -0.810. The third-order valence-corrected chi connectivity index (χ3v) is 3.85. The predicted octanol–water partition coefficient (Wildman–Crippen LogP) is 1.45. The summed E-state index contributed by atoms with van der Waals surface area (Å²) in [7, 11) is 1.84. The fourth-order valence-corrected chi connectivity index (χ4v) is 2.66. The molecular weight excluding hydrogens is 252 g/mol. The molecule has 0 bridgehead atoms. The summed E-state index contributed by atoms with van der Waals surface area (Å²) in [5, 5.41) is 6.81. The lowest BCUT2D eigenvalue weighted by molar-refractivity contribution is 0.143. The first-order valence-corrected chi connectivity index (χ1v) is 8.08. The van der Waals surface area contributed by atoms with Crippen LogP contribution in [0.1, 0.15) is 39.5 Å². The van der Waals surface area contributed by atoms with Gasteiger partial charge in [-0.1, -0.05) is 6.92 Å². The number of nitrogens with zero attached hydrogens (tertiary/aromatic N) is 2. The summed E-state index contributed by atoms with van der Waals surface area (Å²) in [4.78, 5) is 6.82. The van der Waals surface area contributed by atoms with Crippen molar-refractivity contribution >= 4 is 5.96 Å². The van der Waals surface area contributed by atoms with E-state index in [-0.39, 0.29) is 0 Å². The number of ether oxygens (including phenoxy) is 1. The Morgan fingerprint density at radius 2 is 2.15 bits per heavy atom. The van der Waals surface area contributed by atoms with E-state index in [4.69, 9.17) is 4.74 Å². The zero-order valence-corrected chi connectivity index (χ0v) is 13.5. The number of unbranched alkanes of at least 4 members (excludes halogenated alkanes) is 1. The predicted molar refractivity (Wildman–Crippen MR) is 85.4 cm³/mol. The highest BCUT2D eigenvalue weighted by molar-refractivity contribution is 5.79. The van der Waals surface area contributed by atoms with Gasteiger partial charge >= 0.3 is 0 Å². The van der Waals surface area contributed by atoms with Crippen molar-refractivity contribution < 1.29 is 4.74 Å². The standard InChI is InChI=1S/C15H32N4O/c1-4-19-11-8-9-14(19)13-18-15(16-3)17-10-6-7-12-20-5-2/h14H,4-13H2,1-3H3,(H2,16,17,18). The van der Waals surface area contributed by atoms with E-state index in [2.05, 4.69) is 27.4 Å². The molecule has 0 saturated carbocycles. The van der Waals surface area contributed by atoms with Crippen LogP contribution >= 0.6 is 0 Å². The van der Waals surface area contributed by atoms with E-state index in [1.54, 1.807) is 0 Å². The molecule has 5 nitrogen and oxygen atoms in total. The lowest BCUT2D eigenvalue weighted by Gasteiger charge is -2.23. The average molecular weight is 284 g/mol. The van der Waals surface area contributed by atoms with Gasteiger partial charge in [-0.25, -0.2) is 0 Å². The van der Waals surface area contributed by atoms with Gasteiger partial charge in [0.15, 0.2) is 5.96 Å². The van der Waals surface area contributed by atoms with Gasteiger partial charge < -0.3 is 15.4 Å². The average Bonchev–Trinajstić information content (AvgIpc) is 2.93. The van der Waals surface area contributed by atoms with Gasteiger partial charge in [-0.05, 0) is 45.7 Å². The van der Waals surface area contributed by atoms with E-state index in [1.807, 2.05) is 14.0 Å². The highest BCUT2D eigenvalue weighted by Crippen LogP contribution is 2.15. The van der Waals surface area contributed by atoms with Gasteiger partial charge in [0, 0.05) is 39.4 Å². The third-order valence-electron chi connectivity index (χ3n) is 3.85. The van der Waals surface area contributed by atoms with E-state index in [9.17, 15) is 0 Å². The summed E-state index contributed by atoms with van der Waals surface area (Å²) in [5.41, 5.74) is 0. The highest BCUT2D eigenvalue weighted by atomic mass is 16.5. The van der Waals surface area contributed by atoms with Crippen molar-refractivity contribution in [2.75, 3.05) is 46.4 Å². The summed E-state index contributed by atoms with van der Waals surface area (Å²) in [6.45, 7) is 10.3. The van der Waals surface area contributed by atoms with Crippen LogP contribution in [0.2, 0.25) is 0 Å². The molecule has 0 radical (unpaired) electrons. The van der Waals surface area contributed by atoms with E-state index in [0.717, 1.165) is 51.6 Å². The van der Waals surface area contributed by atoms with Crippen LogP contribution in [0.25, 0.3) is 0 Å². The van der Waals surface area contributed by atoms with Gasteiger partial charge in [0.25, 0.3) is 0 Å². The Morgan fingerprint density at radius 1 is 1.30 bits per heavy atom. The molecule has 0 spiro atoms. The molecule has 2 N–H and O–H groups in total. The second-order valence-electron chi connectivity index (χ2n) is 5.21. The number of likely N-dealkylation sites (N-methyl/N-ethyl adjacent to an activating group) is 1. The van der Waals surface area contributed by atoms with Crippen molar-refractivity contribution in [3.8, 4) is 0 Å². The van der Waals surface area contributed by atoms with Crippen molar-refractivity contribution in [1.82, 2.24) is 15.5 Å². The molecule has 1 fully saturated rings.